The van der Waals surface area contributed by atoms with Gasteiger partial charge in [-0.25, -0.2) is 4.68 Å². The van der Waals surface area contributed by atoms with Crippen LogP contribution < -0.4 is 4.74 Å². The first-order valence-electron chi connectivity index (χ1n) is 7.09. The Morgan fingerprint density at radius 2 is 1.96 bits per heavy atom. The number of benzene rings is 1. The van der Waals surface area contributed by atoms with Crippen molar-refractivity contribution in [3.05, 3.63) is 44.6 Å². The van der Waals surface area contributed by atoms with E-state index < -0.39 is 0 Å². The standard InChI is InChI=1S/C16H18Cl2N2O3/c1-5-20-16(23-8-22-4)12(7-19-20)15(21)11-6-9(2)13(17)10(3)14(11)18/h6-7H,5,8H2,1-4H3. The third-order valence-corrected chi connectivity index (χ3v) is 4.56. The van der Waals surface area contributed by atoms with Gasteiger partial charge in [0.15, 0.2) is 6.79 Å². The van der Waals surface area contributed by atoms with Crippen molar-refractivity contribution >= 4 is 29.0 Å². The lowest BCUT2D eigenvalue weighted by atomic mass is 10.0. The minimum atomic E-state index is -0.260. The highest BCUT2D eigenvalue weighted by Gasteiger charge is 2.24. The fourth-order valence-electron chi connectivity index (χ4n) is 2.27. The van der Waals surface area contributed by atoms with E-state index in [-0.39, 0.29) is 12.6 Å². The molecule has 0 amide bonds. The van der Waals surface area contributed by atoms with Crippen molar-refractivity contribution in [1.29, 1.82) is 0 Å². The fourth-order valence-corrected chi connectivity index (χ4v) is 2.70. The molecule has 0 radical (unpaired) electrons. The van der Waals surface area contributed by atoms with Gasteiger partial charge in [0.1, 0.15) is 5.56 Å². The maximum absolute atomic E-state index is 12.9. The van der Waals surface area contributed by atoms with Crippen LogP contribution in [0.4, 0.5) is 0 Å². The molecule has 0 saturated heterocycles. The van der Waals surface area contributed by atoms with Gasteiger partial charge in [0.25, 0.3) is 0 Å². The summed E-state index contributed by atoms with van der Waals surface area (Å²) >= 11 is 12.5. The lowest BCUT2D eigenvalue weighted by Gasteiger charge is -2.12. The predicted octanol–water partition coefficient (Wildman–Crippen LogP) is 4.04. The number of ketones is 1. The lowest BCUT2D eigenvalue weighted by molar-refractivity contribution is 0.0434. The molecule has 0 fully saturated rings. The molecule has 124 valence electrons. The summed E-state index contributed by atoms with van der Waals surface area (Å²) in [6.07, 6.45) is 1.48. The molecule has 0 aliphatic heterocycles. The second-order valence-corrected chi connectivity index (χ2v) is 5.81. The number of aromatic nitrogens is 2. The molecule has 23 heavy (non-hydrogen) atoms. The summed E-state index contributed by atoms with van der Waals surface area (Å²) in [5, 5.41) is 5.07. The van der Waals surface area contributed by atoms with Crippen LogP contribution in [0, 0.1) is 13.8 Å². The number of ether oxygens (including phenoxy) is 2. The van der Waals surface area contributed by atoms with Gasteiger partial charge in [0, 0.05) is 24.2 Å². The van der Waals surface area contributed by atoms with E-state index in [1.165, 1.54) is 13.3 Å². The van der Waals surface area contributed by atoms with Crippen molar-refractivity contribution in [2.75, 3.05) is 13.9 Å². The minimum Gasteiger partial charge on any atom is -0.450 e. The summed E-state index contributed by atoms with van der Waals surface area (Å²) < 4.78 is 12.0. The van der Waals surface area contributed by atoms with Crippen LogP contribution in [-0.4, -0.2) is 29.5 Å². The van der Waals surface area contributed by atoms with Crippen LogP contribution in [0.3, 0.4) is 0 Å². The Kier molecular flexibility index (Phi) is 5.68. The van der Waals surface area contributed by atoms with Crippen LogP contribution in [0.2, 0.25) is 10.0 Å². The molecule has 1 heterocycles. The Morgan fingerprint density at radius 3 is 2.57 bits per heavy atom. The Labute approximate surface area is 145 Å². The Morgan fingerprint density at radius 1 is 1.26 bits per heavy atom. The molecule has 0 N–H and O–H groups in total. The summed E-state index contributed by atoms with van der Waals surface area (Å²) in [6.45, 7) is 6.12. The van der Waals surface area contributed by atoms with Crippen molar-refractivity contribution in [1.82, 2.24) is 9.78 Å². The highest BCUT2D eigenvalue weighted by atomic mass is 35.5. The SMILES string of the molecule is CCn1ncc(C(=O)c2cc(C)c(Cl)c(C)c2Cl)c1OCOC. The topological polar surface area (TPSA) is 53.4 Å². The zero-order chi connectivity index (χ0) is 17.1. The number of methoxy groups -OCH3 is 1. The van der Waals surface area contributed by atoms with Gasteiger partial charge in [0.05, 0.1) is 11.2 Å². The van der Waals surface area contributed by atoms with Crippen LogP contribution in [-0.2, 0) is 11.3 Å². The highest BCUT2D eigenvalue weighted by Crippen LogP contribution is 2.33. The molecule has 0 saturated carbocycles. The molecule has 0 bridgehead atoms. The van der Waals surface area contributed by atoms with Gasteiger partial charge < -0.3 is 9.47 Å². The molecule has 1 aromatic heterocycles. The molecule has 0 aliphatic rings. The van der Waals surface area contributed by atoms with E-state index in [0.29, 0.717) is 39.2 Å². The predicted molar refractivity (Wildman–Crippen MR) is 89.8 cm³/mol. The number of aryl methyl sites for hydroxylation is 2. The summed E-state index contributed by atoms with van der Waals surface area (Å²) in [7, 11) is 1.51. The average Bonchev–Trinajstić information content (AvgIpc) is 2.96. The minimum absolute atomic E-state index is 0.0262. The van der Waals surface area contributed by atoms with Gasteiger partial charge in [-0.05, 0) is 38.0 Å². The van der Waals surface area contributed by atoms with E-state index >= 15 is 0 Å². The number of carbonyl (C=O) groups excluding carboxylic acids is 1. The summed E-state index contributed by atoms with van der Waals surface area (Å²) in [5.74, 6) is 0.101. The molecule has 0 spiro atoms. The summed E-state index contributed by atoms with van der Waals surface area (Å²) in [4.78, 5) is 12.9. The molecule has 2 rings (SSSR count). The van der Waals surface area contributed by atoms with E-state index in [1.807, 2.05) is 13.8 Å². The van der Waals surface area contributed by atoms with E-state index in [1.54, 1.807) is 17.7 Å². The van der Waals surface area contributed by atoms with E-state index in [0.717, 1.165) is 5.56 Å². The Balaban J connectivity index is 2.51. The number of nitrogens with zero attached hydrogens (tertiary/aromatic N) is 2. The van der Waals surface area contributed by atoms with E-state index in [2.05, 4.69) is 5.10 Å². The smallest absolute Gasteiger partial charge is 0.225 e. The van der Waals surface area contributed by atoms with Crippen LogP contribution in [0.25, 0.3) is 0 Å². The zero-order valence-electron chi connectivity index (χ0n) is 13.4. The van der Waals surface area contributed by atoms with Crippen molar-refractivity contribution in [3.8, 4) is 5.88 Å². The summed E-state index contributed by atoms with van der Waals surface area (Å²) in [6, 6.07) is 1.68. The third-order valence-electron chi connectivity index (χ3n) is 3.50. The molecule has 1 aromatic carbocycles. The number of hydrogen-bond donors (Lipinski definition) is 0. The van der Waals surface area contributed by atoms with Crippen molar-refractivity contribution in [2.45, 2.75) is 27.3 Å². The second-order valence-electron chi connectivity index (χ2n) is 5.05. The first-order chi connectivity index (χ1) is 10.9. The maximum atomic E-state index is 12.9. The molecular weight excluding hydrogens is 339 g/mol. The van der Waals surface area contributed by atoms with Gasteiger partial charge in [-0.15, -0.1) is 0 Å². The van der Waals surface area contributed by atoms with Crippen LogP contribution in [0.1, 0.15) is 34.0 Å². The number of carbonyl (C=O) groups is 1. The molecule has 2 aromatic rings. The highest BCUT2D eigenvalue weighted by molar-refractivity contribution is 6.39. The van der Waals surface area contributed by atoms with Gasteiger partial charge in [0.2, 0.25) is 11.7 Å². The van der Waals surface area contributed by atoms with Crippen molar-refractivity contribution in [3.63, 3.8) is 0 Å². The Bertz CT molecular complexity index is 741. The Hall–Kier alpha value is -1.56. The monoisotopic (exact) mass is 356 g/mol. The molecular formula is C16H18Cl2N2O3. The molecule has 0 aliphatic carbocycles. The largest absolute Gasteiger partial charge is 0.450 e. The number of halogens is 2. The molecule has 0 atom stereocenters. The fraction of sp³-hybridized carbons (Fsp3) is 0.375. The van der Waals surface area contributed by atoms with Gasteiger partial charge in [-0.2, -0.15) is 5.10 Å². The molecule has 5 nitrogen and oxygen atoms in total. The second kappa shape index (κ2) is 7.34. The lowest BCUT2D eigenvalue weighted by Crippen LogP contribution is -2.10. The summed E-state index contributed by atoms with van der Waals surface area (Å²) in [5.41, 5.74) is 2.19. The first kappa shape index (κ1) is 17.8. The molecule has 0 unspecified atom stereocenters. The van der Waals surface area contributed by atoms with Crippen molar-refractivity contribution < 1.29 is 14.3 Å². The normalized spacial score (nSPS) is 10.9. The maximum Gasteiger partial charge on any atom is 0.225 e. The molecule has 7 heteroatoms. The van der Waals surface area contributed by atoms with Gasteiger partial charge in [-0.3, -0.25) is 4.79 Å². The third kappa shape index (κ3) is 3.37. The first-order valence-corrected chi connectivity index (χ1v) is 7.85. The van der Waals surface area contributed by atoms with E-state index in [4.69, 9.17) is 32.7 Å². The van der Waals surface area contributed by atoms with E-state index in [9.17, 15) is 4.79 Å². The average molecular weight is 357 g/mol. The number of rotatable bonds is 6. The van der Waals surface area contributed by atoms with Crippen molar-refractivity contribution in [2.24, 2.45) is 0 Å². The zero-order valence-corrected chi connectivity index (χ0v) is 15.0. The number of hydrogen-bond acceptors (Lipinski definition) is 4. The van der Waals surface area contributed by atoms with Gasteiger partial charge in [-0.1, -0.05) is 23.2 Å². The van der Waals surface area contributed by atoms with Crippen LogP contribution in [0.5, 0.6) is 5.88 Å². The van der Waals surface area contributed by atoms with Crippen LogP contribution in [0.15, 0.2) is 12.3 Å². The van der Waals surface area contributed by atoms with Gasteiger partial charge >= 0.3 is 0 Å². The van der Waals surface area contributed by atoms with Crippen LogP contribution >= 0.6 is 23.2 Å². The quantitative estimate of drug-likeness (QED) is 0.578.